The molecule has 0 fully saturated rings. The minimum Gasteiger partial charge on any atom is -0.393 e. The van der Waals surface area contributed by atoms with Crippen LogP contribution >= 0.6 is 0 Å². The van der Waals surface area contributed by atoms with E-state index in [1.165, 1.54) is 5.56 Å². The normalized spacial score (nSPS) is 15.2. The summed E-state index contributed by atoms with van der Waals surface area (Å²) in [6.45, 7) is 3.59. The van der Waals surface area contributed by atoms with Crippen molar-refractivity contribution in [3.63, 3.8) is 0 Å². The largest absolute Gasteiger partial charge is 0.393 e. The second-order valence-corrected chi connectivity index (χ2v) is 4.72. The number of fused-ring (bicyclic) bond motifs is 1. The van der Waals surface area contributed by atoms with Crippen molar-refractivity contribution >= 4 is 5.91 Å². The van der Waals surface area contributed by atoms with Crippen LogP contribution < -0.4 is 5.32 Å². The number of rotatable bonds is 5. The van der Waals surface area contributed by atoms with E-state index in [-0.39, 0.29) is 12.0 Å². The van der Waals surface area contributed by atoms with Crippen molar-refractivity contribution in [2.45, 2.75) is 39.1 Å². The molecular weight excluding hydrogens is 230 g/mol. The number of carbonyl (C=O) groups is 1. The fraction of sp³-hybridized carbons (Fsp3) is 0.500. The lowest BCUT2D eigenvalue weighted by Gasteiger charge is -2.07. The third-order valence-corrected chi connectivity index (χ3v) is 3.07. The van der Waals surface area contributed by atoms with Crippen molar-refractivity contribution in [2.24, 2.45) is 0 Å². The van der Waals surface area contributed by atoms with Crippen LogP contribution in [-0.2, 0) is 18.0 Å². The molecule has 0 aromatic heterocycles. The van der Waals surface area contributed by atoms with Crippen LogP contribution in [0.1, 0.15) is 41.3 Å². The lowest BCUT2D eigenvalue weighted by Crippen LogP contribution is -2.25. The molecule has 4 heteroatoms. The number of aliphatic hydroxyl groups is 1. The summed E-state index contributed by atoms with van der Waals surface area (Å²) >= 11 is 0. The zero-order valence-corrected chi connectivity index (χ0v) is 10.6. The van der Waals surface area contributed by atoms with Crippen LogP contribution in [0.15, 0.2) is 18.2 Å². The fourth-order valence-electron chi connectivity index (χ4n) is 2.01. The fourth-order valence-corrected chi connectivity index (χ4v) is 2.01. The molecule has 1 unspecified atom stereocenters. The first kappa shape index (κ1) is 13.1. The van der Waals surface area contributed by atoms with Gasteiger partial charge in [0.2, 0.25) is 0 Å². The van der Waals surface area contributed by atoms with Gasteiger partial charge in [-0.3, -0.25) is 4.79 Å². The number of hydrogen-bond donors (Lipinski definition) is 2. The third-order valence-electron chi connectivity index (χ3n) is 3.07. The van der Waals surface area contributed by atoms with Crippen LogP contribution in [0, 0.1) is 0 Å². The summed E-state index contributed by atoms with van der Waals surface area (Å²) in [7, 11) is 0. The molecule has 0 saturated carbocycles. The molecule has 1 aliphatic heterocycles. The Hall–Kier alpha value is -1.39. The van der Waals surface area contributed by atoms with Gasteiger partial charge in [0.15, 0.2) is 0 Å². The average Bonchev–Trinajstić information content (AvgIpc) is 2.81. The molecule has 1 amide bonds. The predicted octanol–water partition coefficient (Wildman–Crippen LogP) is 1.61. The maximum absolute atomic E-state index is 11.9. The third kappa shape index (κ3) is 3.31. The minimum absolute atomic E-state index is 0.0599. The second-order valence-electron chi connectivity index (χ2n) is 4.72. The highest BCUT2D eigenvalue weighted by molar-refractivity contribution is 5.94. The zero-order valence-electron chi connectivity index (χ0n) is 10.6. The number of carbonyl (C=O) groups excluding carboxylic acids is 1. The van der Waals surface area contributed by atoms with Crippen LogP contribution in [-0.4, -0.2) is 23.7 Å². The van der Waals surface area contributed by atoms with Gasteiger partial charge < -0.3 is 15.2 Å². The topological polar surface area (TPSA) is 58.6 Å². The Labute approximate surface area is 107 Å². The van der Waals surface area contributed by atoms with E-state index < -0.39 is 0 Å². The van der Waals surface area contributed by atoms with Crippen LogP contribution in [0.2, 0.25) is 0 Å². The van der Waals surface area contributed by atoms with E-state index in [4.69, 9.17) is 9.84 Å². The van der Waals surface area contributed by atoms with Crippen molar-refractivity contribution in [3.8, 4) is 0 Å². The van der Waals surface area contributed by atoms with Crippen LogP contribution in [0.25, 0.3) is 0 Å². The number of benzene rings is 1. The van der Waals surface area contributed by atoms with Gasteiger partial charge in [-0.1, -0.05) is 6.07 Å². The molecule has 1 atom stereocenters. The number of amides is 1. The molecule has 4 nitrogen and oxygen atoms in total. The monoisotopic (exact) mass is 249 g/mol. The van der Waals surface area contributed by atoms with Crippen molar-refractivity contribution in [2.75, 3.05) is 6.54 Å². The molecule has 2 rings (SSSR count). The van der Waals surface area contributed by atoms with E-state index in [2.05, 4.69) is 5.32 Å². The SMILES string of the molecule is CC(O)CCCNC(=O)c1ccc2c(c1)COC2. The Kier molecular flexibility index (Phi) is 4.33. The Morgan fingerprint density at radius 3 is 3.00 bits per heavy atom. The molecule has 1 aromatic rings. The summed E-state index contributed by atoms with van der Waals surface area (Å²) in [6.07, 6.45) is 1.19. The van der Waals surface area contributed by atoms with Gasteiger partial charge in [-0.05, 0) is 43.0 Å². The van der Waals surface area contributed by atoms with E-state index in [0.717, 1.165) is 12.0 Å². The highest BCUT2D eigenvalue weighted by Gasteiger charge is 2.13. The van der Waals surface area contributed by atoms with E-state index in [0.29, 0.717) is 31.7 Å². The highest BCUT2D eigenvalue weighted by Crippen LogP contribution is 2.20. The zero-order chi connectivity index (χ0) is 13.0. The molecule has 0 spiro atoms. The van der Waals surface area contributed by atoms with Crippen LogP contribution in [0.4, 0.5) is 0 Å². The van der Waals surface area contributed by atoms with E-state index in [1.54, 1.807) is 6.92 Å². The first-order chi connectivity index (χ1) is 8.66. The number of nitrogens with one attached hydrogen (secondary N) is 1. The van der Waals surface area contributed by atoms with Gasteiger partial charge in [0.1, 0.15) is 0 Å². The summed E-state index contributed by atoms with van der Waals surface area (Å²) < 4.78 is 5.32. The van der Waals surface area contributed by atoms with Crippen molar-refractivity contribution in [3.05, 3.63) is 34.9 Å². The van der Waals surface area contributed by atoms with Gasteiger partial charge in [0.05, 0.1) is 19.3 Å². The van der Waals surface area contributed by atoms with Gasteiger partial charge in [-0.25, -0.2) is 0 Å². The molecule has 1 aromatic carbocycles. The van der Waals surface area contributed by atoms with E-state index >= 15 is 0 Å². The Bertz CT molecular complexity index is 429. The first-order valence-electron chi connectivity index (χ1n) is 6.32. The number of ether oxygens (including phenoxy) is 1. The molecule has 98 valence electrons. The minimum atomic E-state index is -0.306. The molecule has 0 radical (unpaired) electrons. The van der Waals surface area contributed by atoms with Crippen molar-refractivity contribution in [1.82, 2.24) is 5.32 Å². The average molecular weight is 249 g/mol. The van der Waals surface area contributed by atoms with Gasteiger partial charge in [0, 0.05) is 12.1 Å². The summed E-state index contributed by atoms with van der Waals surface area (Å²) in [5, 5.41) is 12.0. The molecule has 2 N–H and O–H groups in total. The predicted molar refractivity (Wildman–Crippen MR) is 68.2 cm³/mol. The lowest BCUT2D eigenvalue weighted by molar-refractivity contribution is 0.0949. The van der Waals surface area contributed by atoms with E-state index in [9.17, 15) is 4.79 Å². The summed E-state index contributed by atoms with van der Waals surface area (Å²) in [5.41, 5.74) is 2.95. The standard InChI is InChI=1S/C14H19NO3/c1-10(16)3-2-6-15-14(17)11-4-5-12-8-18-9-13(12)7-11/h4-5,7,10,16H,2-3,6,8-9H2,1H3,(H,15,17). The maximum Gasteiger partial charge on any atom is 0.251 e. The summed E-state index contributed by atoms with van der Waals surface area (Å²) in [4.78, 5) is 11.9. The van der Waals surface area contributed by atoms with Gasteiger partial charge in [0.25, 0.3) is 5.91 Å². The highest BCUT2D eigenvalue weighted by atomic mass is 16.5. The molecular formula is C14H19NO3. The van der Waals surface area contributed by atoms with Crippen molar-refractivity contribution < 1.29 is 14.6 Å². The molecule has 0 aliphatic carbocycles. The van der Waals surface area contributed by atoms with E-state index in [1.807, 2.05) is 18.2 Å². The second kappa shape index (κ2) is 5.98. The molecule has 1 heterocycles. The summed E-state index contributed by atoms with van der Waals surface area (Å²) in [6, 6.07) is 5.68. The van der Waals surface area contributed by atoms with Crippen LogP contribution in [0.5, 0.6) is 0 Å². The van der Waals surface area contributed by atoms with Gasteiger partial charge in [-0.2, -0.15) is 0 Å². The molecule has 0 saturated heterocycles. The number of hydrogen-bond acceptors (Lipinski definition) is 3. The Morgan fingerprint density at radius 2 is 2.22 bits per heavy atom. The van der Waals surface area contributed by atoms with Gasteiger partial charge in [-0.15, -0.1) is 0 Å². The summed E-state index contributed by atoms with van der Waals surface area (Å²) in [5.74, 6) is -0.0599. The number of aliphatic hydroxyl groups excluding tert-OH is 1. The Balaban J connectivity index is 1.85. The van der Waals surface area contributed by atoms with Gasteiger partial charge >= 0.3 is 0 Å². The molecule has 0 bridgehead atoms. The van der Waals surface area contributed by atoms with Crippen LogP contribution in [0.3, 0.4) is 0 Å². The molecule has 18 heavy (non-hydrogen) atoms. The maximum atomic E-state index is 11.9. The smallest absolute Gasteiger partial charge is 0.251 e. The quantitative estimate of drug-likeness (QED) is 0.779. The Morgan fingerprint density at radius 1 is 1.44 bits per heavy atom. The molecule has 1 aliphatic rings. The lowest BCUT2D eigenvalue weighted by atomic mass is 10.1. The van der Waals surface area contributed by atoms with Crippen molar-refractivity contribution in [1.29, 1.82) is 0 Å². The first-order valence-corrected chi connectivity index (χ1v) is 6.32.